The van der Waals surface area contributed by atoms with Gasteiger partial charge in [-0.3, -0.25) is 0 Å². The molecule has 0 aromatic heterocycles. The zero-order chi connectivity index (χ0) is 15.3. The number of benzene rings is 1. The number of allylic oxidation sites excluding steroid dienone is 1. The lowest BCUT2D eigenvalue weighted by Gasteiger charge is -2.16. The minimum atomic E-state index is -0.495. The quantitative estimate of drug-likeness (QED) is 0.432. The van der Waals surface area contributed by atoms with Crippen LogP contribution in [0.15, 0.2) is 42.2 Å². The molecule has 1 unspecified atom stereocenters. The van der Waals surface area contributed by atoms with Crippen LogP contribution in [0.1, 0.15) is 65.2 Å². The lowest BCUT2D eigenvalue weighted by molar-refractivity contribution is 0.148. The molecule has 0 aliphatic heterocycles. The van der Waals surface area contributed by atoms with Gasteiger partial charge in [-0.2, -0.15) is 0 Å². The fourth-order valence-electron chi connectivity index (χ4n) is 2.38. The molecule has 1 rings (SSSR count). The maximum Gasteiger partial charge on any atom is 0.128 e. The van der Waals surface area contributed by atoms with Crippen molar-refractivity contribution in [2.24, 2.45) is 0 Å². The van der Waals surface area contributed by atoms with Crippen molar-refractivity contribution in [3.8, 4) is 5.75 Å². The third-order valence-electron chi connectivity index (χ3n) is 3.67. The fourth-order valence-corrected chi connectivity index (χ4v) is 2.38. The molecule has 0 saturated carbocycles. The summed E-state index contributed by atoms with van der Waals surface area (Å²) in [4.78, 5) is 0. The summed E-state index contributed by atoms with van der Waals surface area (Å²) >= 11 is 0. The van der Waals surface area contributed by atoms with Gasteiger partial charge in [-0.1, -0.05) is 70.1 Å². The van der Waals surface area contributed by atoms with Crippen LogP contribution >= 0.6 is 0 Å². The average molecular weight is 290 g/mol. The molecule has 21 heavy (non-hydrogen) atoms. The molecule has 0 fully saturated rings. The number of unbranched alkanes of at least 4 members (excludes halogenated alkanes) is 6. The average Bonchev–Trinajstić information content (AvgIpc) is 2.52. The molecule has 0 bridgehead atoms. The van der Waals surface area contributed by atoms with Crippen LogP contribution in [-0.4, -0.2) is 11.2 Å². The van der Waals surface area contributed by atoms with Gasteiger partial charge in [0, 0.05) is 0 Å². The zero-order valence-corrected chi connectivity index (χ0v) is 13.6. The van der Waals surface area contributed by atoms with E-state index in [0.717, 1.165) is 18.6 Å². The summed E-state index contributed by atoms with van der Waals surface area (Å²) in [5.74, 6) is 1.44. The first-order valence-corrected chi connectivity index (χ1v) is 8.35. The van der Waals surface area contributed by atoms with Gasteiger partial charge in [-0.05, 0) is 31.6 Å². The predicted molar refractivity (Wildman–Crippen MR) is 89.4 cm³/mol. The summed E-state index contributed by atoms with van der Waals surface area (Å²) in [5, 5.41) is 10.2. The van der Waals surface area contributed by atoms with Crippen molar-refractivity contribution in [2.45, 2.75) is 71.3 Å². The molecule has 118 valence electrons. The number of hydrogen-bond acceptors (Lipinski definition) is 2. The Morgan fingerprint density at radius 3 is 2.29 bits per heavy atom. The second kappa shape index (κ2) is 11.4. The highest BCUT2D eigenvalue weighted by molar-refractivity contribution is 5.24. The zero-order valence-electron chi connectivity index (χ0n) is 13.6. The molecule has 0 saturated heterocycles. The van der Waals surface area contributed by atoms with Gasteiger partial charge in [0.2, 0.25) is 0 Å². The van der Waals surface area contributed by atoms with Crippen LogP contribution in [0.2, 0.25) is 0 Å². The summed E-state index contributed by atoms with van der Waals surface area (Å²) in [6.45, 7) is 4.15. The molecular formula is C19H30O2. The number of ether oxygens (including phenoxy) is 1. The van der Waals surface area contributed by atoms with Gasteiger partial charge in [0.15, 0.2) is 0 Å². The minimum absolute atomic E-state index is 0.495. The third kappa shape index (κ3) is 7.91. The molecule has 0 aliphatic carbocycles. The van der Waals surface area contributed by atoms with E-state index in [-0.39, 0.29) is 0 Å². The van der Waals surface area contributed by atoms with Gasteiger partial charge in [0.05, 0.1) is 0 Å². The maximum atomic E-state index is 10.2. The Hall–Kier alpha value is -1.28. The molecule has 2 nitrogen and oxygen atoms in total. The van der Waals surface area contributed by atoms with Crippen molar-refractivity contribution < 1.29 is 9.84 Å². The number of aliphatic hydroxyl groups excluding tert-OH is 1. The van der Waals surface area contributed by atoms with E-state index in [0.29, 0.717) is 5.76 Å². The first kappa shape index (κ1) is 17.8. The summed E-state index contributed by atoms with van der Waals surface area (Å²) in [6.07, 6.45) is 11.0. The molecule has 1 aromatic rings. The van der Waals surface area contributed by atoms with Gasteiger partial charge in [0.1, 0.15) is 17.6 Å². The molecule has 0 amide bonds. The van der Waals surface area contributed by atoms with Crippen LogP contribution in [-0.2, 0) is 0 Å². The highest BCUT2D eigenvalue weighted by Crippen LogP contribution is 2.18. The van der Waals surface area contributed by atoms with Gasteiger partial charge in [-0.25, -0.2) is 0 Å². The number of hydrogen-bond donors (Lipinski definition) is 1. The van der Waals surface area contributed by atoms with Crippen LogP contribution < -0.4 is 4.74 Å². The second-order valence-electron chi connectivity index (χ2n) is 5.53. The van der Waals surface area contributed by atoms with E-state index in [9.17, 15) is 5.11 Å². The van der Waals surface area contributed by atoms with Crippen LogP contribution in [0.4, 0.5) is 0 Å². The first-order valence-electron chi connectivity index (χ1n) is 8.35. The van der Waals surface area contributed by atoms with E-state index in [1.165, 1.54) is 38.5 Å². The van der Waals surface area contributed by atoms with E-state index < -0.39 is 6.10 Å². The lowest BCUT2D eigenvalue weighted by atomic mass is 10.1. The van der Waals surface area contributed by atoms with E-state index in [4.69, 9.17) is 4.74 Å². The van der Waals surface area contributed by atoms with E-state index in [1.807, 2.05) is 43.3 Å². The summed E-state index contributed by atoms with van der Waals surface area (Å²) in [5.41, 5.74) is 0. The molecule has 0 spiro atoms. The van der Waals surface area contributed by atoms with Crippen LogP contribution in [0, 0.1) is 0 Å². The second-order valence-corrected chi connectivity index (χ2v) is 5.53. The highest BCUT2D eigenvalue weighted by atomic mass is 16.5. The minimum Gasteiger partial charge on any atom is -0.459 e. The number of aliphatic hydroxyl groups is 1. The van der Waals surface area contributed by atoms with Crippen LogP contribution in [0.3, 0.4) is 0 Å². The Balaban J connectivity index is 2.21. The Morgan fingerprint density at radius 2 is 1.67 bits per heavy atom. The fraction of sp³-hybridized carbons (Fsp3) is 0.579. The monoisotopic (exact) mass is 290 g/mol. The van der Waals surface area contributed by atoms with Crippen molar-refractivity contribution in [1.29, 1.82) is 0 Å². The Kier molecular flexibility index (Phi) is 9.64. The van der Waals surface area contributed by atoms with Crippen molar-refractivity contribution in [3.05, 3.63) is 42.2 Å². The largest absolute Gasteiger partial charge is 0.459 e. The molecule has 0 heterocycles. The molecular weight excluding hydrogens is 260 g/mol. The van der Waals surface area contributed by atoms with Crippen LogP contribution in [0.25, 0.3) is 0 Å². The highest BCUT2D eigenvalue weighted by Gasteiger charge is 2.12. The van der Waals surface area contributed by atoms with Gasteiger partial charge < -0.3 is 9.84 Å². The predicted octanol–water partition coefficient (Wildman–Crippen LogP) is 5.47. The molecule has 2 heteroatoms. The van der Waals surface area contributed by atoms with Gasteiger partial charge in [-0.15, -0.1) is 0 Å². The van der Waals surface area contributed by atoms with E-state index in [2.05, 4.69) is 6.92 Å². The lowest BCUT2D eigenvalue weighted by Crippen LogP contribution is -2.15. The maximum absolute atomic E-state index is 10.2. The van der Waals surface area contributed by atoms with E-state index in [1.54, 1.807) is 0 Å². The third-order valence-corrected chi connectivity index (χ3v) is 3.67. The Morgan fingerprint density at radius 1 is 1.05 bits per heavy atom. The molecule has 1 N–H and O–H groups in total. The van der Waals surface area contributed by atoms with Crippen molar-refractivity contribution >= 4 is 0 Å². The van der Waals surface area contributed by atoms with Crippen molar-refractivity contribution in [2.75, 3.05) is 0 Å². The molecule has 0 radical (unpaired) electrons. The van der Waals surface area contributed by atoms with Crippen molar-refractivity contribution in [1.82, 2.24) is 0 Å². The summed E-state index contributed by atoms with van der Waals surface area (Å²) in [7, 11) is 0. The van der Waals surface area contributed by atoms with Crippen LogP contribution in [0.5, 0.6) is 5.75 Å². The van der Waals surface area contributed by atoms with E-state index >= 15 is 0 Å². The topological polar surface area (TPSA) is 29.5 Å². The van der Waals surface area contributed by atoms with Crippen molar-refractivity contribution in [3.63, 3.8) is 0 Å². The SMILES string of the molecule is CC=C(Oc1ccccc1)C(O)CCCCCCCCC. The molecule has 0 aliphatic rings. The first-order chi connectivity index (χ1) is 10.3. The summed E-state index contributed by atoms with van der Waals surface area (Å²) in [6, 6.07) is 9.64. The van der Waals surface area contributed by atoms with Gasteiger partial charge >= 0.3 is 0 Å². The Labute approximate surface area is 129 Å². The number of para-hydroxylation sites is 1. The Bertz CT molecular complexity index is 384. The smallest absolute Gasteiger partial charge is 0.128 e. The number of rotatable bonds is 11. The summed E-state index contributed by atoms with van der Waals surface area (Å²) < 4.78 is 5.75. The van der Waals surface area contributed by atoms with Gasteiger partial charge in [0.25, 0.3) is 0 Å². The normalized spacial score (nSPS) is 13.2. The molecule has 1 aromatic carbocycles. The molecule has 1 atom stereocenters. The standard InChI is InChI=1S/C19H30O2/c1-3-5-6-7-8-9-13-16-18(20)19(4-2)21-17-14-11-10-12-15-17/h4,10-12,14-15,18,20H,3,5-9,13,16H2,1-2H3.